The summed E-state index contributed by atoms with van der Waals surface area (Å²) in [5, 5.41) is 7.26. The van der Waals surface area contributed by atoms with Crippen LogP contribution in [0.25, 0.3) is 16.8 Å². The van der Waals surface area contributed by atoms with Crippen molar-refractivity contribution in [3.05, 3.63) is 71.8 Å². The number of anilines is 1. The predicted molar refractivity (Wildman–Crippen MR) is 116 cm³/mol. The van der Waals surface area contributed by atoms with E-state index in [1.54, 1.807) is 48.5 Å². The molecule has 3 heterocycles. The third-order valence-corrected chi connectivity index (χ3v) is 4.42. The molecule has 30 heavy (non-hydrogen) atoms. The number of allylic oxidation sites excluding steroid dienone is 3. The lowest BCUT2D eigenvalue weighted by Gasteiger charge is -2.08. The maximum Gasteiger partial charge on any atom is 0.247 e. The normalized spacial score (nSPS) is 12.1. The van der Waals surface area contributed by atoms with Crippen LogP contribution >= 0.6 is 0 Å². The highest BCUT2D eigenvalue weighted by Gasteiger charge is 2.16. The number of rotatable bonds is 6. The maximum absolute atomic E-state index is 12.5. The Morgan fingerprint density at radius 1 is 1.20 bits per heavy atom. The Kier molecular flexibility index (Phi) is 6.21. The third kappa shape index (κ3) is 4.69. The third-order valence-electron chi connectivity index (χ3n) is 4.42. The molecule has 5 N–H and O–H groups in total. The smallest absolute Gasteiger partial charge is 0.247 e. The van der Waals surface area contributed by atoms with E-state index in [-0.39, 0.29) is 12.5 Å². The van der Waals surface area contributed by atoms with Crippen LogP contribution in [0, 0.1) is 13.8 Å². The number of amides is 1. The van der Waals surface area contributed by atoms with Gasteiger partial charge in [0, 0.05) is 52.9 Å². The first kappa shape index (κ1) is 20.7. The molecule has 0 atom stereocenters. The maximum atomic E-state index is 12.5. The van der Waals surface area contributed by atoms with Gasteiger partial charge in [-0.25, -0.2) is 4.98 Å². The van der Waals surface area contributed by atoms with E-state index in [4.69, 9.17) is 11.5 Å². The van der Waals surface area contributed by atoms with Gasteiger partial charge in [0.15, 0.2) is 0 Å². The van der Waals surface area contributed by atoms with Crippen LogP contribution in [0.4, 0.5) is 5.82 Å². The van der Waals surface area contributed by atoms with Gasteiger partial charge in [-0.1, -0.05) is 0 Å². The lowest BCUT2D eigenvalue weighted by molar-refractivity contribution is -0.117. The molecule has 0 aliphatic heterocycles. The largest absolute Gasteiger partial charge is 0.404 e. The average molecular weight is 404 g/mol. The number of carbonyl (C=O) groups is 1. The van der Waals surface area contributed by atoms with Gasteiger partial charge in [0.25, 0.3) is 0 Å². The highest BCUT2D eigenvalue weighted by Crippen LogP contribution is 2.24. The Labute approximate surface area is 174 Å². The van der Waals surface area contributed by atoms with Crippen LogP contribution in [0.3, 0.4) is 0 Å². The summed E-state index contributed by atoms with van der Waals surface area (Å²) >= 11 is 0. The molecule has 9 nitrogen and oxygen atoms in total. The molecule has 3 aromatic heterocycles. The van der Waals surface area contributed by atoms with Crippen molar-refractivity contribution in [2.45, 2.75) is 27.3 Å². The SMILES string of the molecule is C/C(N)=C/C(=C\N)c1c(C)nn(CC(=O)Nc2ccc(-c3cnccn3)cn2)c1C. The van der Waals surface area contributed by atoms with Gasteiger partial charge < -0.3 is 16.8 Å². The van der Waals surface area contributed by atoms with Crippen molar-refractivity contribution >= 4 is 17.3 Å². The van der Waals surface area contributed by atoms with Gasteiger partial charge in [-0.2, -0.15) is 5.10 Å². The fourth-order valence-corrected chi connectivity index (χ4v) is 3.10. The highest BCUT2D eigenvalue weighted by atomic mass is 16.2. The van der Waals surface area contributed by atoms with E-state index >= 15 is 0 Å². The number of nitrogens with two attached hydrogens (primary N) is 2. The molecule has 3 aromatic rings. The first-order chi connectivity index (χ1) is 14.4. The van der Waals surface area contributed by atoms with Crippen LogP contribution < -0.4 is 16.8 Å². The van der Waals surface area contributed by atoms with Crippen molar-refractivity contribution in [3.8, 4) is 11.3 Å². The molecular weight excluding hydrogens is 380 g/mol. The van der Waals surface area contributed by atoms with E-state index in [1.807, 2.05) is 19.9 Å². The predicted octanol–water partition coefficient (Wildman–Crippen LogP) is 2.15. The molecule has 0 saturated carbocycles. The molecule has 0 aliphatic rings. The van der Waals surface area contributed by atoms with Crippen LogP contribution in [-0.2, 0) is 11.3 Å². The molecule has 154 valence electrons. The zero-order chi connectivity index (χ0) is 21.7. The minimum Gasteiger partial charge on any atom is -0.404 e. The zero-order valence-electron chi connectivity index (χ0n) is 17.1. The molecule has 0 saturated heterocycles. The van der Waals surface area contributed by atoms with E-state index in [1.165, 1.54) is 6.20 Å². The van der Waals surface area contributed by atoms with Gasteiger partial charge in [-0.3, -0.25) is 19.4 Å². The lowest BCUT2D eigenvalue weighted by atomic mass is 10.0. The number of carbonyl (C=O) groups excluding carboxylic acids is 1. The Bertz CT molecular complexity index is 1090. The second kappa shape index (κ2) is 8.99. The second-order valence-corrected chi connectivity index (χ2v) is 6.78. The molecule has 0 spiro atoms. The molecule has 9 heteroatoms. The summed E-state index contributed by atoms with van der Waals surface area (Å²) in [6, 6.07) is 3.55. The Balaban J connectivity index is 1.72. The standard InChI is InChI=1S/C21H24N8O/c1-13(23)8-17(9-22)21-14(2)28-29(15(21)3)12-20(30)27-19-5-4-16(10-26-19)18-11-24-6-7-25-18/h4-11H,12,22-23H2,1-3H3,(H,26,27,30)/b13-8-,17-9+. The van der Waals surface area contributed by atoms with E-state index < -0.39 is 0 Å². The molecule has 0 aliphatic carbocycles. The highest BCUT2D eigenvalue weighted by molar-refractivity contribution is 5.90. The molecule has 0 radical (unpaired) electrons. The van der Waals surface area contributed by atoms with Crippen molar-refractivity contribution in [3.63, 3.8) is 0 Å². The fraction of sp³-hybridized carbons (Fsp3) is 0.190. The molecule has 3 rings (SSSR count). The minimum atomic E-state index is -0.240. The summed E-state index contributed by atoms with van der Waals surface area (Å²) in [5.74, 6) is 0.203. The zero-order valence-corrected chi connectivity index (χ0v) is 17.1. The molecule has 0 bridgehead atoms. The van der Waals surface area contributed by atoms with Gasteiger partial charge in [0.1, 0.15) is 12.4 Å². The van der Waals surface area contributed by atoms with E-state index in [0.29, 0.717) is 17.2 Å². The number of aryl methyl sites for hydroxylation is 1. The van der Waals surface area contributed by atoms with Gasteiger partial charge in [0.05, 0.1) is 17.6 Å². The monoisotopic (exact) mass is 404 g/mol. The Hall–Kier alpha value is -4.01. The lowest BCUT2D eigenvalue weighted by Crippen LogP contribution is -2.21. The summed E-state index contributed by atoms with van der Waals surface area (Å²) in [6.07, 6.45) is 9.78. The van der Waals surface area contributed by atoms with Crippen molar-refractivity contribution in [2.75, 3.05) is 5.32 Å². The van der Waals surface area contributed by atoms with Crippen LogP contribution in [0.15, 0.2) is 54.9 Å². The summed E-state index contributed by atoms with van der Waals surface area (Å²) in [5.41, 5.74) is 16.9. The molecule has 1 amide bonds. The Morgan fingerprint density at radius 2 is 2.00 bits per heavy atom. The molecule has 0 aromatic carbocycles. The first-order valence-electron chi connectivity index (χ1n) is 9.31. The molecular formula is C21H24N8O. The Morgan fingerprint density at radius 3 is 2.60 bits per heavy atom. The molecule has 0 unspecified atom stereocenters. The quantitative estimate of drug-likeness (QED) is 0.535. The average Bonchev–Trinajstić information content (AvgIpc) is 3.00. The number of hydrogen-bond donors (Lipinski definition) is 3. The summed E-state index contributed by atoms with van der Waals surface area (Å²) in [4.78, 5) is 25.1. The number of aromatic nitrogens is 5. The fourth-order valence-electron chi connectivity index (χ4n) is 3.10. The van der Waals surface area contributed by atoms with Gasteiger partial charge >= 0.3 is 0 Å². The van der Waals surface area contributed by atoms with Crippen LogP contribution in [0.2, 0.25) is 0 Å². The number of nitrogens with one attached hydrogen (secondary N) is 1. The van der Waals surface area contributed by atoms with Gasteiger partial charge in [-0.15, -0.1) is 0 Å². The molecule has 0 fully saturated rings. The van der Waals surface area contributed by atoms with Crippen molar-refractivity contribution < 1.29 is 4.79 Å². The van der Waals surface area contributed by atoms with Crippen LogP contribution in [0.5, 0.6) is 0 Å². The van der Waals surface area contributed by atoms with E-state index in [9.17, 15) is 4.79 Å². The van der Waals surface area contributed by atoms with Crippen molar-refractivity contribution in [1.29, 1.82) is 0 Å². The topological polar surface area (TPSA) is 138 Å². The summed E-state index contributed by atoms with van der Waals surface area (Å²) < 4.78 is 1.64. The number of hydrogen-bond acceptors (Lipinski definition) is 7. The van der Waals surface area contributed by atoms with Crippen molar-refractivity contribution in [1.82, 2.24) is 24.7 Å². The number of nitrogens with zero attached hydrogens (tertiary/aromatic N) is 5. The van der Waals surface area contributed by atoms with Crippen LogP contribution in [-0.4, -0.2) is 30.6 Å². The van der Waals surface area contributed by atoms with Gasteiger partial charge in [0.2, 0.25) is 5.91 Å². The second-order valence-electron chi connectivity index (χ2n) is 6.78. The van der Waals surface area contributed by atoms with Gasteiger partial charge in [-0.05, 0) is 39.0 Å². The first-order valence-corrected chi connectivity index (χ1v) is 9.31. The van der Waals surface area contributed by atoms with E-state index in [0.717, 1.165) is 28.1 Å². The van der Waals surface area contributed by atoms with E-state index in [2.05, 4.69) is 25.4 Å². The van der Waals surface area contributed by atoms with Crippen LogP contribution in [0.1, 0.15) is 23.9 Å². The summed E-state index contributed by atoms with van der Waals surface area (Å²) in [6.45, 7) is 5.59. The number of pyridine rings is 1. The minimum absolute atomic E-state index is 0.0451. The summed E-state index contributed by atoms with van der Waals surface area (Å²) in [7, 11) is 0. The van der Waals surface area contributed by atoms with Crippen molar-refractivity contribution in [2.24, 2.45) is 11.5 Å².